The fourth-order valence-corrected chi connectivity index (χ4v) is 3.13. The number of ether oxygens (including phenoxy) is 2. The number of benzene rings is 1. The molecule has 3 unspecified atom stereocenters. The highest BCUT2D eigenvalue weighted by molar-refractivity contribution is 5.78. The predicted octanol–water partition coefficient (Wildman–Crippen LogP) is 5.15. The van der Waals surface area contributed by atoms with Crippen LogP contribution >= 0.6 is 0 Å². The molecule has 36 heavy (non-hydrogen) atoms. The normalized spacial score (nSPS) is 12.5. The van der Waals surface area contributed by atoms with Crippen molar-refractivity contribution < 1.29 is 29.0 Å². The third kappa shape index (κ3) is 20.9. The van der Waals surface area contributed by atoms with Crippen molar-refractivity contribution in [3.63, 3.8) is 0 Å². The Kier molecular flexibility index (Phi) is 25.7. The zero-order chi connectivity index (χ0) is 28.6. The van der Waals surface area contributed by atoms with Crippen molar-refractivity contribution in [2.45, 2.75) is 98.9 Å². The van der Waals surface area contributed by atoms with Gasteiger partial charge in [0.25, 0.3) is 12.9 Å². The lowest BCUT2D eigenvalue weighted by Crippen LogP contribution is -2.51. The Morgan fingerprint density at radius 3 is 1.92 bits per heavy atom. The monoisotopic (exact) mass is 512 g/mol. The van der Waals surface area contributed by atoms with Crippen molar-refractivity contribution >= 4 is 18.9 Å². The highest BCUT2D eigenvalue weighted by Crippen LogP contribution is 2.21. The van der Waals surface area contributed by atoms with E-state index in [1.807, 2.05) is 50.9 Å². The molecule has 1 aromatic carbocycles. The van der Waals surface area contributed by atoms with E-state index in [1.54, 1.807) is 7.11 Å². The number of carbonyl (C=O) groups is 3. The topological polar surface area (TPSA) is 105 Å². The molecule has 210 valence electrons. The zero-order valence-electron chi connectivity index (χ0n) is 24.2. The van der Waals surface area contributed by atoms with Crippen molar-refractivity contribution in [1.29, 1.82) is 0 Å². The third-order valence-electron chi connectivity index (χ3n) is 5.00. The second-order valence-electron chi connectivity index (χ2n) is 9.29. The fourth-order valence-electron chi connectivity index (χ4n) is 3.13. The molecule has 1 rings (SSSR count). The van der Waals surface area contributed by atoms with Crippen molar-refractivity contribution in [3.8, 4) is 0 Å². The summed E-state index contributed by atoms with van der Waals surface area (Å²) >= 11 is 0. The number of rotatable bonds is 11. The van der Waals surface area contributed by atoms with Gasteiger partial charge in [-0.15, -0.1) is 0 Å². The van der Waals surface area contributed by atoms with Crippen LogP contribution < -0.4 is 5.32 Å². The molecule has 0 spiro atoms. The van der Waals surface area contributed by atoms with E-state index in [0.717, 1.165) is 12.8 Å². The standard InChI is InChI=1S/C19H32N2O2.C5H10O2.C3H8.CH2O2/c1-6-15(3)19(17(7-2)23-5)21(4)18(22)14-20-13-16-11-9-8-10-12-16;1-5(2,3)7-4-6;1-3-2;2-1-3/h8-12,15,17,19-20H,6-7,13-14H2,1-5H3;4H,1-3H3;3H2,1-2H3;1H,(H,2,3). The van der Waals surface area contributed by atoms with Gasteiger partial charge in [0.05, 0.1) is 18.7 Å². The highest BCUT2D eigenvalue weighted by atomic mass is 16.5. The van der Waals surface area contributed by atoms with Crippen molar-refractivity contribution in [3.05, 3.63) is 35.9 Å². The van der Waals surface area contributed by atoms with Crippen LogP contribution in [0.3, 0.4) is 0 Å². The van der Waals surface area contributed by atoms with E-state index < -0.39 is 0 Å². The summed E-state index contributed by atoms with van der Waals surface area (Å²) in [6, 6.07) is 10.2. The first-order chi connectivity index (χ1) is 16.9. The summed E-state index contributed by atoms with van der Waals surface area (Å²) in [5.41, 5.74) is 0.867. The van der Waals surface area contributed by atoms with E-state index in [1.165, 1.54) is 12.0 Å². The van der Waals surface area contributed by atoms with E-state index in [-0.39, 0.29) is 30.1 Å². The molecule has 0 bridgehead atoms. The summed E-state index contributed by atoms with van der Waals surface area (Å²) in [5.74, 6) is 0.518. The first kappa shape index (κ1) is 38.1. The molecular formula is C28H52N2O6. The Bertz CT molecular complexity index is 645. The van der Waals surface area contributed by atoms with Gasteiger partial charge in [-0.2, -0.15) is 0 Å². The van der Waals surface area contributed by atoms with Crippen LogP contribution in [0.2, 0.25) is 0 Å². The van der Waals surface area contributed by atoms with E-state index in [4.69, 9.17) is 14.6 Å². The van der Waals surface area contributed by atoms with Gasteiger partial charge in [-0.3, -0.25) is 14.4 Å². The van der Waals surface area contributed by atoms with E-state index in [0.29, 0.717) is 25.5 Å². The first-order valence-corrected chi connectivity index (χ1v) is 12.7. The maximum absolute atomic E-state index is 12.5. The average Bonchev–Trinajstić information content (AvgIpc) is 2.83. The molecule has 3 atom stereocenters. The molecule has 0 aliphatic rings. The van der Waals surface area contributed by atoms with Gasteiger partial charge in [0, 0.05) is 20.7 Å². The number of carbonyl (C=O) groups excluding carboxylic acids is 2. The second-order valence-corrected chi connectivity index (χ2v) is 9.29. The minimum Gasteiger partial charge on any atom is -0.483 e. The van der Waals surface area contributed by atoms with Gasteiger partial charge in [0.1, 0.15) is 5.60 Å². The number of carboxylic acid groups (broad SMARTS) is 1. The lowest BCUT2D eigenvalue weighted by Gasteiger charge is -2.37. The number of hydrogen-bond donors (Lipinski definition) is 2. The maximum Gasteiger partial charge on any atom is 0.293 e. The summed E-state index contributed by atoms with van der Waals surface area (Å²) < 4.78 is 10.2. The highest BCUT2D eigenvalue weighted by Gasteiger charge is 2.31. The van der Waals surface area contributed by atoms with Crippen molar-refractivity contribution in [2.24, 2.45) is 5.92 Å². The number of methoxy groups -OCH3 is 1. The molecule has 0 radical (unpaired) electrons. The van der Waals surface area contributed by atoms with Gasteiger partial charge >= 0.3 is 0 Å². The molecule has 2 N–H and O–H groups in total. The quantitative estimate of drug-likeness (QED) is 0.395. The van der Waals surface area contributed by atoms with Crippen molar-refractivity contribution in [1.82, 2.24) is 10.2 Å². The van der Waals surface area contributed by atoms with Crippen LogP contribution in [-0.2, 0) is 30.4 Å². The van der Waals surface area contributed by atoms with Crippen LogP contribution in [-0.4, -0.2) is 67.3 Å². The number of nitrogens with zero attached hydrogens (tertiary/aromatic N) is 1. The molecule has 0 aromatic heterocycles. The van der Waals surface area contributed by atoms with Crippen LogP contribution in [0.4, 0.5) is 0 Å². The Hall–Kier alpha value is -2.45. The minimum absolute atomic E-state index is 0.0769. The molecular weight excluding hydrogens is 460 g/mol. The molecule has 8 nitrogen and oxygen atoms in total. The SMILES string of the molecule is CC(C)(C)OC=O.CCC.CCC(C)C(C(CC)OC)N(C)C(=O)CNCc1ccccc1.O=CO. The van der Waals surface area contributed by atoms with Gasteiger partial charge < -0.3 is 24.8 Å². The predicted molar refractivity (Wildman–Crippen MR) is 147 cm³/mol. The molecule has 8 heteroatoms. The lowest BCUT2D eigenvalue weighted by atomic mass is 9.91. The minimum atomic E-state index is -0.318. The number of hydrogen-bond acceptors (Lipinski definition) is 6. The summed E-state index contributed by atoms with van der Waals surface area (Å²) in [4.78, 5) is 32.4. The molecule has 1 aromatic rings. The number of nitrogens with one attached hydrogen (secondary N) is 1. The van der Waals surface area contributed by atoms with Gasteiger partial charge in [-0.05, 0) is 38.7 Å². The number of likely N-dealkylation sites (N-methyl/N-ethyl adjacent to an activating group) is 1. The third-order valence-corrected chi connectivity index (χ3v) is 5.00. The molecule has 0 saturated heterocycles. The first-order valence-electron chi connectivity index (χ1n) is 12.7. The Balaban J connectivity index is -0.000000692. The second kappa shape index (κ2) is 24.3. The van der Waals surface area contributed by atoms with E-state index in [2.05, 4.69) is 56.8 Å². The van der Waals surface area contributed by atoms with Crippen molar-refractivity contribution in [2.75, 3.05) is 20.7 Å². The summed E-state index contributed by atoms with van der Waals surface area (Å²) in [6.07, 6.45) is 3.26. The summed E-state index contributed by atoms with van der Waals surface area (Å²) in [5, 5.41) is 10.1. The van der Waals surface area contributed by atoms with Gasteiger partial charge in [0.15, 0.2) is 0 Å². The summed E-state index contributed by atoms with van der Waals surface area (Å²) in [7, 11) is 3.63. The maximum atomic E-state index is 12.5. The molecule has 0 heterocycles. The van der Waals surface area contributed by atoms with Crippen LogP contribution in [0.5, 0.6) is 0 Å². The summed E-state index contributed by atoms with van der Waals surface area (Å²) in [6.45, 7) is 17.4. The lowest BCUT2D eigenvalue weighted by molar-refractivity contribution is -0.138. The van der Waals surface area contributed by atoms with E-state index in [9.17, 15) is 9.59 Å². The Morgan fingerprint density at radius 2 is 1.58 bits per heavy atom. The van der Waals surface area contributed by atoms with Crippen LogP contribution in [0.15, 0.2) is 30.3 Å². The van der Waals surface area contributed by atoms with Gasteiger partial charge in [0.2, 0.25) is 5.91 Å². The van der Waals surface area contributed by atoms with E-state index >= 15 is 0 Å². The average molecular weight is 513 g/mol. The zero-order valence-corrected chi connectivity index (χ0v) is 24.2. The molecule has 0 aliphatic carbocycles. The smallest absolute Gasteiger partial charge is 0.293 e. The fraction of sp³-hybridized carbons (Fsp3) is 0.679. The largest absolute Gasteiger partial charge is 0.483 e. The number of amides is 1. The molecule has 0 aliphatic heterocycles. The van der Waals surface area contributed by atoms with Crippen LogP contribution in [0, 0.1) is 5.92 Å². The van der Waals surface area contributed by atoms with Crippen LogP contribution in [0.25, 0.3) is 0 Å². The van der Waals surface area contributed by atoms with Crippen LogP contribution in [0.1, 0.15) is 80.2 Å². The molecule has 1 amide bonds. The van der Waals surface area contributed by atoms with Gasteiger partial charge in [-0.1, -0.05) is 77.8 Å². The molecule has 0 saturated carbocycles. The van der Waals surface area contributed by atoms with Gasteiger partial charge in [-0.25, -0.2) is 0 Å². The molecule has 0 fully saturated rings. The Morgan fingerprint density at radius 1 is 1.08 bits per heavy atom. The Labute approximate surface area is 219 Å².